The summed E-state index contributed by atoms with van der Waals surface area (Å²) in [4.78, 5) is 0.156. The van der Waals surface area contributed by atoms with E-state index in [2.05, 4.69) is 4.72 Å². The minimum Gasteiger partial charge on any atom is -0.212 e. The molecule has 2 rings (SSSR count). The molecule has 0 radical (unpaired) electrons. The first-order chi connectivity index (χ1) is 10.3. The zero-order chi connectivity index (χ0) is 16.2. The molecule has 1 N–H and O–H groups in total. The fraction of sp³-hybridized carbons (Fsp3) is 0.571. The Kier molecular flexibility index (Phi) is 5.60. The molecule has 6 nitrogen and oxygen atoms in total. The Labute approximate surface area is 132 Å². The molecular formula is C14H22N2O4S2. The highest BCUT2D eigenvalue weighted by atomic mass is 32.2. The van der Waals surface area contributed by atoms with Crippen molar-refractivity contribution >= 4 is 20.0 Å². The normalized spacial score (nSPS) is 17.0. The van der Waals surface area contributed by atoms with E-state index < -0.39 is 20.0 Å². The lowest BCUT2D eigenvalue weighted by Crippen LogP contribution is -2.36. The van der Waals surface area contributed by atoms with E-state index in [-0.39, 0.29) is 17.2 Å². The highest BCUT2D eigenvalue weighted by Crippen LogP contribution is 2.13. The van der Waals surface area contributed by atoms with Gasteiger partial charge in [-0.1, -0.05) is 19.1 Å². The lowest BCUT2D eigenvalue weighted by Gasteiger charge is -2.15. The maximum Gasteiger partial charge on any atom is 0.240 e. The van der Waals surface area contributed by atoms with Gasteiger partial charge in [0.2, 0.25) is 20.0 Å². The molecule has 1 heterocycles. The van der Waals surface area contributed by atoms with Crippen LogP contribution in [0.25, 0.3) is 0 Å². The fourth-order valence-electron chi connectivity index (χ4n) is 2.39. The Morgan fingerprint density at radius 1 is 1.05 bits per heavy atom. The zero-order valence-corrected chi connectivity index (χ0v) is 14.3. The van der Waals surface area contributed by atoms with Gasteiger partial charge in [-0.15, -0.1) is 0 Å². The third-order valence-corrected chi connectivity index (χ3v) is 7.10. The fourth-order valence-corrected chi connectivity index (χ4v) is 4.98. The first-order valence-corrected chi connectivity index (χ1v) is 10.5. The van der Waals surface area contributed by atoms with Gasteiger partial charge in [0.1, 0.15) is 0 Å². The molecule has 0 unspecified atom stereocenters. The van der Waals surface area contributed by atoms with E-state index in [0.29, 0.717) is 13.1 Å². The van der Waals surface area contributed by atoms with Gasteiger partial charge in [0.15, 0.2) is 0 Å². The van der Waals surface area contributed by atoms with E-state index in [1.807, 2.05) is 6.92 Å². The van der Waals surface area contributed by atoms with Crippen molar-refractivity contribution in [3.63, 3.8) is 0 Å². The Morgan fingerprint density at radius 3 is 2.18 bits per heavy atom. The molecule has 1 saturated heterocycles. The van der Waals surface area contributed by atoms with Crippen LogP contribution < -0.4 is 4.72 Å². The molecular weight excluding hydrogens is 324 g/mol. The number of hydrogen-bond donors (Lipinski definition) is 1. The third-order valence-electron chi connectivity index (χ3n) is 3.75. The van der Waals surface area contributed by atoms with Crippen molar-refractivity contribution < 1.29 is 16.8 Å². The van der Waals surface area contributed by atoms with Crippen LogP contribution in [-0.2, 0) is 26.5 Å². The number of sulfonamides is 2. The quantitative estimate of drug-likeness (QED) is 0.797. The topological polar surface area (TPSA) is 83.5 Å². The van der Waals surface area contributed by atoms with Crippen LogP contribution in [0.1, 0.15) is 25.3 Å². The average molecular weight is 346 g/mol. The molecule has 1 aliphatic rings. The van der Waals surface area contributed by atoms with Crippen LogP contribution >= 0.6 is 0 Å². The molecule has 0 atom stereocenters. The lowest BCUT2D eigenvalue weighted by atomic mass is 10.2. The molecule has 1 aromatic carbocycles. The Bertz CT molecular complexity index is 691. The SMILES string of the molecule is CCc1ccc(S(=O)(=O)NCCS(=O)(=O)N2CCCC2)cc1. The average Bonchev–Trinajstić information content (AvgIpc) is 3.02. The first-order valence-electron chi connectivity index (χ1n) is 7.41. The minimum atomic E-state index is -3.66. The summed E-state index contributed by atoms with van der Waals surface area (Å²) < 4.78 is 52.1. The Morgan fingerprint density at radius 2 is 1.64 bits per heavy atom. The van der Waals surface area contributed by atoms with Crippen LogP contribution in [0.4, 0.5) is 0 Å². The largest absolute Gasteiger partial charge is 0.240 e. The standard InChI is InChI=1S/C14H22N2O4S2/c1-2-13-5-7-14(8-6-13)22(19,20)15-9-12-21(17,18)16-10-3-4-11-16/h5-8,15H,2-4,9-12H2,1H3. The van der Waals surface area contributed by atoms with Gasteiger partial charge in [0.05, 0.1) is 10.6 Å². The second kappa shape index (κ2) is 7.08. The van der Waals surface area contributed by atoms with Crippen LogP contribution in [0.15, 0.2) is 29.2 Å². The lowest BCUT2D eigenvalue weighted by molar-refractivity contribution is 0.477. The summed E-state index contributed by atoms with van der Waals surface area (Å²) >= 11 is 0. The number of nitrogens with zero attached hydrogens (tertiary/aromatic N) is 1. The number of benzene rings is 1. The van der Waals surface area contributed by atoms with E-state index in [0.717, 1.165) is 24.8 Å². The second-order valence-corrected chi connectivity index (χ2v) is 9.17. The van der Waals surface area contributed by atoms with Crippen molar-refractivity contribution in [2.45, 2.75) is 31.1 Å². The van der Waals surface area contributed by atoms with Crippen LogP contribution in [-0.4, -0.2) is 46.5 Å². The smallest absolute Gasteiger partial charge is 0.212 e. The van der Waals surface area contributed by atoms with Crippen molar-refractivity contribution in [1.29, 1.82) is 0 Å². The molecule has 22 heavy (non-hydrogen) atoms. The van der Waals surface area contributed by atoms with Gasteiger partial charge in [-0.3, -0.25) is 0 Å². The number of aryl methyl sites for hydroxylation is 1. The predicted octanol–water partition coefficient (Wildman–Crippen LogP) is 0.953. The first kappa shape index (κ1) is 17.4. The Hall–Kier alpha value is -0.960. The summed E-state index contributed by atoms with van der Waals surface area (Å²) in [5.74, 6) is -0.209. The monoisotopic (exact) mass is 346 g/mol. The van der Waals surface area contributed by atoms with E-state index in [1.165, 1.54) is 16.4 Å². The molecule has 0 aliphatic carbocycles. The molecule has 0 aromatic heterocycles. The van der Waals surface area contributed by atoms with Crippen LogP contribution in [0.2, 0.25) is 0 Å². The van der Waals surface area contributed by atoms with Crippen molar-refractivity contribution in [3.05, 3.63) is 29.8 Å². The molecule has 1 aliphatic heterocycles. The zero-order valence-electron chi connectivity index (χ0n) is 12.7. The summed E-state index contributed by atoms with van der Waals surface area (Å²) in [5, 5.41) is 0. The molecule has 0 amide bonds. The maximum atomic E-state index is 12.1. The summed E-state index contributed by atoms with van der Waals surface area (Å²) in [6.07, 6.45) is 2.57. The molecule has 0 bridgehead atoms. The number of rotatable bonds is 7. The van der Waals surface area contributed by atoms with Crippen molar-refractivity contribution in [2.75, 3.05) is 25.4 Å². The van der Waals surface area contributed by atoms with Gasteiger partial charge in [-0.05, 0) is 37.0 Å². The van der Waals surface area contributed by atoms with Gasteiger partial charge < -0.3 is 0 Å². The van der Waals surface area contributed by atoms with Gasteiger partial charge in [-0.25, -0.2) is 25.9 Å². The molecule has 124 valence electrons. The highest BCUT2D eigenvalue weighted by molar-refractivity contribution is 7.90. The van der Waals surface area contributed by atoms with Gasteiger partial charge in [0, 0.05) is 19.6 Å². The molecule has 8 heteroatoms. The number of nitrogens with one attached hydrogen (secondary N) is 1. The molecule has 0 spiro atoms. The van der Waals surface area contributed by atoms with Crippen LogP contribution in [0, 0.1) is 0 Å². The predicted molar refractivity (Wildman–Crippen MR) is 85.6 cm³/mol. The summed E-state index contributed by atoms with van der Waals surface area (Å²) in [5.41, 5.74) is 1.05. The van der Waals surface area contributed by atoms with E-state index in [1.54, 1.807) is 12.1 Å². The summed E-state index contributed by atoms with van der Waals surface area (Å²) in [7, 11) is -7.03. The van der Waals surface area contributed by atoms with Gasteiger partial charge in [-0.2, -0.15) is 0 Å². The van der Waals surface area contributed by atoms with E-state index >= 15 is 0 Å². The van der Waals surface area contributed by atoms with Gasteiger partial charge >= 0.3 is 0 Å². The number of hydrogen-bond acceptors (Lipinski definition) is 4. The maximum absolute atomic E-state index is 12.1. The second-order valence-electron chi connectivity index (χ2n) is 5.32. The van der Waals surface area contributed by atoms with Crippen molar-refractivity contribution in [1.82, 2.24) is 9.03 Å². The van der Waals surface area contributed by atoms with Crippen molar-refractivity contribution in [3.8, 4) is 0 Å². The van der Waals surface area contributed by atoms with Crippen molar-refractivity contribution in [2.24, 2.45) is 0 Å². The minimum absolute atomic E-state index is 0.114. The summed E-state index contributed by atoms with van der Waals surface area (Å²) in [6, 6.07) is 6.59. The Balaban J connectivity index is 1.94. The van der Waals surface area contributed by atoms with Crippen LogP contribution in [0.3, 0.4) is 0 Å². The highest BCUT2D eigenvalue weighted by Gasteiger charge is 2.25. The molecule has 0 saturated carbocycles. The van der Waals surface area contributed by atoms with Gasteiger partial charge in [0.25, 0.3) is 0 Å². The van der Waals surface area contributed by atoms with Crippen LogP contribution in [0.5, 0.6) is 0 Å². The van der Waals surface area contributed by atoms with E-state index in [4.69, 9.17) is 0 Å². The van der Waals surface area contributed by atoms with E-state index in [9.17, 15) is 16.8 Å². The third kappa shape index (κ3) is 4.28. The molecule has 1 fully saturated rings. The summed E-state index contributed by atoms with van der Waals surface area (Å²) in [6.45, 7) is 2.95. The molecule has 1 aromatic rings.